The lowest BCUT2D eigenvalue weighted by Gasteiger charge is -2.29. The van der Waals surface area contributed by atoms with E-state index in [1.54, 1.807) is 24.7 Å². The molecular formula is C30H35N5O6. The van der Waals surface area contributed by atoms with Crippen LogP contribution in [0.15, 0.2) is 54.9 Å². The minimum Gasteiger partial charge on any atom is -0.450 e. The number of Topliss-reactive ketones (excluding diaryl/α,β-unsaturated/α-hetero) is 1. The maximum absolute atomic E-state index is 12.7. The maximum atomic E-state index is 12.7. The van der Waals surface area contributed by atoms with Crippen molar-refractivity contribution in [3.05, 3.63) is 66.1 Å². The predicted molar refractivity (Wildman–Crippen MR) is 154 cm³/mol. The quantitative estimate of drug-likeness (QED) is 0.178. The van der Waals surface area contributed by atoms with Crippen LogP contribution < -0.4 is 5.73 Å². The van der Waals surface area contributed by atoms with Crippen LogP contribution in [0.25, 0.3) is 28.0 Å². The lowest BCUT2D eigenvalue weighted by Crippen LogP contribution is -2.22. The van der Waals surface area contributed by atoms with Crippen molar-refractivity contribution in [1.82, 2.24) is 19.6 Å². The van der Waals surface area contributed by atoms with Crippen molar-refractivity contribution in [2.75, 3.05) is 32.7 Å². The Hall–Kier alpha value is -4.35. The van der Waals surface area contributed by atoms with Crippen LogP contribution >= 0.6 is 0 Å². The zero-order valence-electron chi connectivity index (χ0n) is 23.2. The summed E-state index contributed by atoms with van der Waals surface area (Å²) in [6.45, 7) is 3.52. The van der Waals surface area contributed by atoms with E-state index < -0.39 is 6.16 Å². The Morgan fingerprint density at radius 3 is 2.32 bits per heavy atom. The standard InChI is InChI=1S/C29H33N5O3.CH2O3/c1-19(35)26-27(22-10-8-20(9-11-22)18-37-15-14-36-2)33-29-24(17-32-34(29)28(26)30)23-12-13-25(31-16-23)21-6-4-3-5-7-21;2-1(3)4/h3-7,12-13,16-17,20,22H,8-11,14-15,18,30H2,1-2H3;(H2,2,3,4). The Morgan fingerprint density at radius 2 is 1.71 bits per heavy atom. The predicted octanol–water partition coefficient (Wildman–Crippen LogP) is 5.40. The number of anilines is 1. The van der Waals surface area contributed by atoms with Gasteiger partial charge in [-0.15, -0.1) is 0 Å². The summed E-state index contributed by atoms with van der Waals surface area (Å²) >= 11 is 0. The molecule has 1 fully saturated rings. The average molecular weight is 562 g/mol. The molecule has 3 aromatic heterocycles. The first-order valence-corrected chi connectivity index (χ1v) is 13.5. The Labute approximate surface area is 238 Å². The second-order valence-electron chi connectivity index (χ2n) is 9.97. The molecule has 4 aromatic rings. The Kier molecular flexibility index (Phi) is 9.99. The fourth-order valence-electron chi connectivity index (χ4n) is 5.22. The van der Waals surface area contributed by atoms with Crippen molar-refractivity contribution >= 4 is 23.4 Å². The topological polar surface area (TPSA) is 162 Å². The molecule has 5 rings (SSSR count). The van der Waals surface area contributed by atoms with Gasteiger partial charge in [0.25, 0.3) is 0 Å². The van der Waals surface area contributed by atoms with E-state index in [1.165, 1.54) is 0 Å². The van der Waals surface area contributed by atoms with Gasteiger partial charge >= 0.3 is 6.16 Å². The molecule has 0 amide bonds. The van der Waals surface area contributed by atoms with Crippen LogP contribution in [0.5, 0.6) is 0 Å². The summed E-state index contributed by atoms with van der Waals surface area (Å²) in [5.41, 5.74) is 12.2. The summed E-state index contributed by atoms with van der Waals surface area (Å²) in [4.78, 5) is 30.9. The molecule has 0 bridgehead atoms. The molecule has 3 heterocycles. The van der Waals surface area contributed by atoms with E-state index in [4.69, 9.17) is 35.2 Å². The van der Waals surface area contributed by atoms with Crippen LogP contribution in [0.4, 0.5) is 10.6 Å². The summed E-state index contributed by atoms with van der Waals surface area (Å²) in [6, 6.07) is 14.1. The maximum Gasteiger partial charge on any atom is 0.503 e. The van der Waals surface area contributed by atoms with E-state index in [2.05, 4.69) is 10.1 Å². The summed E-state index contributed by atoms with van der Waals surface area (Å²) in [6.07, 6.45) is 5.69. The van der Waals surface area contributed by atoms with Gasteiger partial charge in [0.1, 0.15) is 5.82 Å². The zero-order chi connectivity index (χ0) is 29.4. The number of hydrogen-bond acceptors (Lipinski definition) is 8. The normalized spacial score (nSPS) is 16.6. The van der Waals surface area contributed by atoms with E-state index in [9.17, 15) is 4.79 Å². The minimum atomic E-state index is -1.83. The van der Waals surface area contributed by atoms with Crippen LogP contribution in [0, 0.1) is 5.92 Å². The average Bonchev–Trinajstić information content (AvgIpc) is 3.40. The molecule has 1 aliphatic rings. The van der Waals surface area contributed by atoms with Gasteiger partial charge in [0, 0.05) is 42.5 Å². The van der Waals surface area contributed by atoms with E-state index >= 15 is 0 Å². The van der Waals surface area contributed by atoms with Gasteiger partial charge in [-0.05, 0) is 44.6 Å². The number of carboxylic acid groups (broad SMARTS) is 2. The van der Waals surface area contributed by atoms with E-state index in [0.29, 0.717) is 36.2 Å². The highest BCUT2D eigenvalue weighted by atomic mass is 16.6. The number of ketones is 1. The van der Waals surface area contributed by atoms with Gasteiger partial charge < -0.3 is 25.4 Å². The monoisotopic (exact) mass is 561 g/mol. The number of carbonyl (C=O) groups is 2. The molecular weight excluding hydrogens is 526 g/mol. The summed E-state index contributed by atoms with van der Waals surface area (Å²) in [7, 11) is 1.68. The number of hydrogen-bond donors (Lipinski definition) is 3. The third-order valence-corrected chi connectivity index (χ3v) is 7.23. The molecule has 1 aliphatic carbocycles. The molecule has 41 heavy (non-hydrogen) atoms. The van der Waals surface area contributed by atoms with Crippen LogP contribution in [-0.4, -0.2) is 68.7 Å². The van der Waals surface area contributed by atoms with Crippen molar-refractivity contribution in [3.63, 3.8) is 0 Å². The Balaban J connectivity index is 0.000000909. The summed E-state index contributed by atoms with van der Waals surface area (Å²) < 4.78 is 12.4. The first-order valence-electron chi connectivity index (χ1n) is 13.5. The number of methoxy groups -OCH3 is 1. The summed E-state index contributed by atoms with van der Waals surface area (Å²) in [5.74, 6) is 0.938. The SMILES string of the molecule is COCCOCC1CCC(c2nc3c(-c4ccc(-c5ccccc5)nc4)cnn3c(N)c2C(C)=O)CC1.O=C(O)O. The number of nitrogens with two attached hydrogens (primary N) is 1. The molecule has 216 valence electrons. The summed E-state index contributed by atoms with van der Waals surface area (Å²) in [5, 5.41) is 18.4. The first kappa shape index (κ1) is 29.6. The molecule has 0 atom stereocenters. The largest absolute Gasteiger partial charge is 0.503 e. The molecule has 1 aromatic carbocycles. The minimum absolute atomic E-state index is 0.0853. The highest BCUT2D eigenvalue weighted by Gasteiger charge is 2.29. The highest BCUT2D eigenvalue weighted by Crippen LogP contribution is 2.39. The van der Waals surface area contributed by atoms with Crippen LogP contribution in [0.3, 0.4) is 0 Å². The van der Waals surface area contributed by atoms with E-state index in [0.717, 1.165) is 60.4 Å². The van der Waals surface area contributed by atoms with Crippen molar-refractivity contribution in [2.24, 2.45) is 5.92 Å². The van der Waals surface area contributed by atoms with Crippen molar-refractivity contribution in [1.29, 1.82) is 0 Å². The third-order valence-electron chi connectivity index (χ3n) is 7.23. The number of benzene rings is 1. The molecule has 11 nitrogen and oxygen atoms in total. The number of nitrogen functional groups attached to an aromatic ring is 1. The van der Waals surface area contributed by atoms with Crippen LogP contribution in [0.2, 0.25) is 0 Å². The molecule has 0 radical (unpaired) electrons. The smallest absolute Gasteiger partial charge is 0.450 e. The highest BCUT2D eigenvalue weighted by molar-refractivity contribution is 6.00. The molecule has 0 saturated heterocycles. The Bertz CT molecular complexity index is 1460. The Morgan fingerprint density at radius 1 is 1.00 bits per heavy atom. The number of rotatable bonds is 9. The van der Waals surface area contributed by atoms with Crippen LogP contribution in [0.1, 0.15) is 54.6 Å². The number of carbonyl (C=O) groups excluding carboxylic acids is 1. The van der Waals surface area contributed by atoms with Gasteiger partial charge in [0.2, 0.25) is 0 Å². The van der Waals surface area contributed by atoms with Gasteiger partial charge in [0.15, 0.2) is 11.4 Å². The van der Waals surface area contributed by atoms with Crippen molar-refractivity contribution in [2.45, 2.75) is 38.5 Å². The first-order chi connectivity index (χ1) is 19.8. The van der Waals surface area contributed by atoms with Crippen LogP contribution in [-0.2, 0) is 9.47 Å². The molecule has 0 spiro atoms. The molecule has 4 N–H and O–H groups in total. The zero-order valence-corrected chi connectivity index (χ0v) is 23.2. The fourth-order valence-corrected chi connectivity index (χ4v) is 5.22. The van der Waals surface area contributed by atoms with Gasteiger partial charge in [-0.25, -0.2) is 9.78 Å². The second kappa shape index (κ2) is 13.8. The van der Waals surface area contributed by atoms with E-state index in [1.807, 2.05) is 48.7 Å². The number of aromatic nitrogens is 4. The molecule has 1 saturated carbocycles. The molecule has 11 heteroatoms. The second-order valence-corrected chi connectivity index (χ2v) is 9.97. The number of pyridine rings is 1. The molecule has 0 aliphatic heterocycles. The van der Waals surface area contributed by atoms with Gasteiger partial charge in [-0.1, -0.05) is 36.4 Å². The number of fused-ring (bicyclic) bond motifs is 1. The van der Waals surface area contributed by atoms with Gasteiger partial charge in [0.05, 0.1) is 36.4 Å². The molecule has 0 unspecified atom stereocenters. The number of ether oxygens (including phenoxy) is 2. The van der Waals surface area contributed by atoms with E-state index in [-0.39, 0.29) is 11.7 Å². The number of nitrogens with zero attached hydrogens (tertiary/aromatic N) is 4. The van der Waals surface area contributed by atoms with Gasteiger partial charge in [-0.2, -0.15) is 9.61 Å². The third kappa shape index (κ3) is 7.24. The lowest BCUT2D eigenvalue weighted by molar-refractivity contribution is 0.0423. The van der Waals surface area contributed by atoms with Crippen molar-refractivity contribution < 1.29 is 29.3 Å². The fraction of sp³-hybridized carbons (Fsp3) is 0.367. The van der Waals surface area contributed by atoms with Crippen molar-refractivity contribution in [3.8, 4) is 22.4 Å². The lowest BCUT2D eigenvalue weighted by atomic mass is 9.79. The van der Waals surface area contributed by atoms with Gasteiger partial charge in [-0.3, -0.25) is 9.78 Å².